The molecule has 4 heteroatoms. The van der Waals surface area contributed by atoms with Crippen LogP contribution in [0.1, 0.15) is 30.4 Å². The van der Waals surface area contributed by atoms with Crippen molar-refractivity contribution in [1.29, 1.82) is 0 Å². The summed E-state index contributed by atoms with van der Waals surface area (Å²) in [4.78, 5) is 22.0. The molecule has 1 atom stereocenters. The van der Waals surface area contributed by atoms with Gasteiger partial charge in [-0.3, -0.25) is 9.59 Å². The molecule has 0 heterocycles. The molecule has 1 rings (SSSR count). The Morgan fingerprint density at radius 1 is 1.12 bits per heavy atom. The zero-order chi connectivity index (χ0) is 13.0. The fraction of sp³-hybridized carbons (Fsp3) is 0.385. The molecular weight excluding hydrogens is 220 g/mol. The lowest BCUT2D eigenvalue weighted by Gasteiger charge is -2.19. The number of hydrogen-bond acceptors (Lipinski definition) is 2. The van der Waals surface area contributed by atoms with Crippen LogP contribution in [0.15, 0.2) is 24.3 Å². The maximum absolute atomic E-state index is 11.0. The van der Waals surface area contributed by atoms with E-state index in [4.69, 9.17) is 10.2 Å². The monoisotopic (exact) mass is 236 g/mol. The SMILES string of the molecule is CCC(c1ccc(C)cc1)C(C(=O)O)C(=O)O. The summed E-state index contributed by atoms with van der Waals surface area (Å²) in [6.07, 6.45) is 0.478. The van der Waals surface area contributed by atoms with E-state index in [1.165, 1.54) is 0 Å². The third-order valence-corrected chi connectivity index (χ3v) is 2.88. The highest BCUT2D eigenvalue weighted by atomic mass is 16.4. The Labute approximate surface area is 99.9 Å². The van der Waals surface area contributed by atoms with Crippen LogP contribution in [0.3, 0.4) is 0 Å². The van der Waals surface area contributed by atoms with Gasteiger partial charge in [-0.25, -0.2) is 0 Å². The van der Waals surface area contributed by atoms with Crippen molar-refractivity contribution in [2.45, 2.75) is 26.2 Å². The Hall–Kier alpha value is -1.84. The maximum atomic E-state index is 11.0. The van der Waals surface area contributed by atoms with E-state index in [9.17, 15) is 9.59 Å². The number of aliphatic carboxylic acids is 2. The molecule has 0 aliphatic carbocycles. The van der Waals surface area contributed by atoms with Crippen molar-refractivity contribution in [1.82, 2.24) is 0 Å². The number of benzene rings is 1. The van der Waals surface area contributed by atoms with Crippen molar-refractivity contribution < 1.29 is 19.8 Å². The van der Waals surface area contributed by atoms with E-state index in [1.54, 1.807) is 19.1 Å². The first-order chi connectivity index (χ1) is 7.97. The summed E-state index contributed by atoms with van der Waals surface area (Å²) >= 11 is 0. The Morgan fingerprint density at radius 2 is 1.59 bits per heavy atom. The average Bonchev–Trinajstić information content (AvgIpc) is 2.26. The molecule has 0 saturated carbocycles. The van der Waals surface area contributed by atoms with E-state index >= 15 is 0 Å². The van der Waals surface area contributed by atoms with Crippen LogP contribution in [-0.4, -0.2) is 22.2 Å². The second kappa shape index (κ2) is 5.48. The number of rotatable bonds is 5. The highest BCUT2D eigenvalue weighted by Crippen LogP contribution is 2.28. The Kier molecular flexibility index (Phi) is 4.26. The lowest BCUT2D eigenvalue weighted by atomic mass is 9.84. The zero-order valence-electron chi connectivity index (χ0n) is 9.88. The van der Waals surface area contributed by atoms with Gasteiger partial charge in [0.1, 0.15) is 0 Å². The maximum Gasteiger partial charge on any atom is 0.318 e. The van der Waals surface area contributed by atoms with Gasteiger partial charge in [0.25, 0.3) is 0 Å². The number of aryl methyl sites for hydroxylation is 1. The summed E-state index contributed by atoms with van der Waals surface area (Å²) < 4.78 is 0. The van der Waals surface area contributed by atoms with Crippen LogP contribution in [0.2, 0.25) is 0 Å². The first-order valence-electron chi connectivity index (χ1n) is 5.49. The lowest BCUT2D eigenvalue weighted by molar-refractivity contribution is -0.155. The summed E-state index contributed by atoms with van der Waals surface area (Å²) in [6.45, 7) is 3.72. The van der Waals surface area contributed by atoms with Gasteiger partial charge in [-0.2, -0.15) is 0 Å². The Morgan fingerprint density at radius 3 is 1.94 bits per heavy atom. The van der Waals surface area contributed by atoms with Crippen LogP contribution < -0.4 is 0 Å². The lowest BCUT2D eigenvalue weighted by Crippen LogP contribution is -2.29. The Bertz CT molecular complexity index is 394. The van der Waals surface area contributed by atoms with Crippen LogP contribution in [-0.2, 0) is 9.59 Å². The fourth-order valence-electron chi connectivity index (χ4n) is 1.93. The van der Waals surface area contributed by atoms with E-state index < -0.39 is 23.8 Å². The van der Waals surface area contributed by atoms with Gasteiger partial charge >= 0.3 is 11.9 Å². The first-order valence-corrected chi connectivity index (χ1v) is 5.49. The van der Waals surface area contributed by atoms with Gasteiger partial charge in [0.15, 0.2) is 5.92 Å². The molecule has 2 N–H and O–H groups in total. The molecule has 4 nitrogen and oxygen atoms in total. The summed E-state index contributed by atoms with van der Waals surface area (Å²) in [7, 11) is 0. The first kappa shape index (κ1) is 13.2. The van der Waals surface area contributed by atoms with Gasteiger partial charge in [0.2, 0.25) is 0 Å². The fourth-order valence-corrected chi connectivity index (χ4v) is 1.93. The third kappa shape index (κ3) is 3.06. The Balaban J connectivity index is 3.08. The van der Waals surface area contributed by atoms with E-state index in [-0.39, 0.29) is 0 Å². The summed E-state index contributed by atoms with van der Waals surface area (Å²) in [5.41, 5.74) is 1.82. The number of carbonyl (C=O) groups is 2. The number of carboxylic acid groups (broad SMARTS) is 2. The molecule has 1 aromatic carbocycles. The average molecular weight is 236 g/mol. The molecule has 0 amide bonds. The molecule has 0 spiro atoms. The minimum atomic E-state index is -1.39. The van der Waals surface area contributed by atoms with Gasteiger partial charge < -0.3 is 10.2 Å². The van der Waals surface area contributed by atoms with Crippen LogP contribution >= 0.6 is 0 Å². The second-order valence-corrected chi connectivity index (χ2v) is 4.08. The largest absolute Gasteiger partial charge is 0.481 e. The van der Waals surface area contributed by atoms with Crippen LogP contribution in [0.4, 0.5) is 0 Å². The standard InChI is InChI=1S/C13H16O4/c1-3-10(11(12(14)15)13(16)17)9-6-4-8(2)5-7-9/h4-7,10-11H,3H2,1-2H3,(H,14,15)(H,16,17). The summed E-state index contributed by atoms with van der Waals surface area (Å²) in [5.74, 6) is -4.46. The smallest absolute Gasteiger partial charge is 0.318 e. The van der Waals surface area contributed by atoms with Gasteiger partial charge in [-0.1, -0.05) is 36.8 Å². The minimum absolute atomic E-state index is 0.478. The van der Waals surface area contributed by atoms with E-state index in [2.05, 4.69) is 0 Å². The molecule has 0 saturated heterocycles. The van der Waals surface area contributed by atoms with Crippen molar-refractivity contribution in [3.05, 3.63) is 35.4 Å². The highest BCUT2D eigenvalue weighted by molar-refractivity contribution is 5.94. The topological polar surface area (TPSA) is 74.6 Å². The van der Waals surface area contributed by atoms with Crippen molar-refractivity contribution in [3.8, 4) is 0 Å². The predicted octanol–water partition coefficient (Wildman–Crippen LogP) is 2.27. The van der Waals surface area contributed by atoms with Gasteiger partial charge in [0, 0.05) is 5.92 Å². The molecule has 92 valence electrons. The molecule has 1 aromatic rings. The van der Waals surface area contributed by atoms with Crippen molar-refractivity contribution in [2.75, 3.05) is 0 Å². The molecule has 0 bridgehead atoms. The molecule has 0 aromatic heterocycles. The van der Waals surface area contributed by atoms with E-state index in [1.807, 2.05) is 19.1 Å². The molecular formula is C13H16O4. The van der Waals surface area contributed by atoms with Gasteiger partial charge in [-0.15, -0.1) is 0 Å². The summed E-state index contributed by atoms with van der Waals surface area (Å²) in [5, 5.41) is 18.0. The number of hydrogen-bond donors (Lipinski definition) is 2. The molecule has 0 radical (unpaired) electrons. The number of carboxylic acids is 2. The second-order valence-electron chi connectivity index (χ2n) is 4.08. The van der Waals surface area contributed by atoms with Crippen molar-refractivity contribution in [3.63, 3.8) is 0 Å². The molecule has 0 aliphatic rings. The van der Waals surface area contributed by atoms with E-state index in [0.29, 0.717) is 6.42 Å². The predicted molar refractivity (Wildman–Crippen MR) is 63.0 cm³/mol. The van der Waals surface area contributed by atoms with Gasteiger partial charge in [-0.05, 0) is 18.9 Å². The van der Waals surface area contributed by atoms with Crippen LogP contribution in [0.5, 0.6) is 0 Å². The van der Waals surface area contributed by atoms with Crippen molar-refractivity contribution >= 4 is 11.9 Å². The molecule has 17 heavy (non-hydrogen) atoms. The minimum Gasteiger partial charge on any atom is -0.481 e. The quantitative estimate of drug-likeness (QED) is 0.769. The molecule has 0 aliphatic heterocycles. The normalized spacial score (nSPS) is 12.4. The molecule has 1 unspecified atom stereocenters. The van der Waals surface area contributed by atoms with Crippen molar-refractivity contribution in [2.24, 2.45) is 5.92 Å². The van der Waals surface area contributed by atoms with Crippen LogP contribution in [0.25, 0.3) is 0 Å². The summed E-state index contributed by atoms with van der Waals surface area (Å²) in [6, 6.07) is 7.31. The third-order valence-electron chi connectivity index (χ3n) is 2.88. The van der Waals surface area contributed by atoms with Crippen LogP contribution in [0, 0.1) is 12.8 Å². The highest BCUT2D eigenvalue weighted by Gasteiger charge is 2.34. The zero-order valence-corrected chi connectivity index (χ0v) is 9.88. The van der Waals surface area contributed by atoms with Gasteiger partial charge in [0.05, 0.1) is 0 Å². The molecule has 0 fully saturated rings. The van der Waals surface area contributed by atoms with E-state index in [0.717, 1.165) is 11.1 Å².